The number of carbonyl (C=O) groups excluding carboxylic acids is 1. The van der Waals surface area contributed by atoms with Gasteiger partial charge in [-0.05, 0) is 31.7 Å². The number of halogens is 1. The molecule has 104 valence electrons. The van der Waals surface area contributed by atoms with Crippen molar-refractivity contribution in [3.8, 4) is 0 Å². The normalized spacial score (nSPS) is 20.6. The van der Waals surface area contributed by atoms with Crippen molar-refractivity contribution in [1.82, 2.24) is 9.80 Å². The molecule has 1 saturated heterocycles. The van der Waals surface area contributed by atoms with Crippen LogP contribution in [-0.4, -0.2) is 48.4 Å². The maximum Gasteiger partial charge on any atom is 0.256 e. The highest BCUT2D eigenvalue weighted by atomic mass is 35.5. The van der Waals surface area contributed by atoms with Crippen molar-refractivity contribution >= 4 is 23.2 Å². The molecule has 1 fully saturated rings. The molecule has 0 aromatic heterocycles. The second-order valence-electron chi connectivity index (χ2n) is 5.03. The smallest absolute Gasteiger partial charge is 0.256 e. The molecule has 4 nitrogen and oxygen atoms in total. The van der Waals surface area contributed by atoms with Gasteiger partial charge in [0.25, 0.3) is 5.91 Å². The summed E-state index contributed by atoms with van der Waals surface area (Å²) in [6.45, 7) is 4.52. The first-order valence-electron chi connectivity index (χ1n) is 6.57. The Labute approximate surface area is 119 Å². The van der Waals surface area contributed by atoms with E-state index in [1.165, 1.54) is 0 Å². The van der Waals surface area contributed by atoms with Crippen molar-refractivity contribution in [3.63, 3.8) is 0 Å². The van der Waals surface area contributed by atoms with Crippen LogP contribution in [0.4, 0.5) is 5.69 Å². The third kappa shape index (κ3) is 3.01. The molecule has 1 aromatic rings. The number of nitrogen functional groups attached to an aromatic ring is 1. The van der Waals surface area contributed by atoms with Gasteiger partial charge in [0, 0.05) is 36.4 Å². The predicted octanol–water partition coefficient (Wildman–Crippen LogP) is 2.09. The minimum absolute atomic E-state index is 0.0217. The Morgan fingerprint density at radius 3 is 2.89 bits per heavy atom. The molecule has 1 aliphatic rings. The second kappa shape index (κ2) is 5.80. The first-order chi connectivity index (χ1) is 9.02. The van der Waals surface area contributed by atoms with Crippen LogP contribution in [-0.2, 0) is 0 Å². The SMILES string of the molecule is CCC1CN(C(=O)c2cc(Cl)ccc2N)CCN1C. The third-order valence-corrected chi connectivity index (χ3v) is 4.02. The van der Waals surface area contributed by atoms with Gasteiger partial charge in [0.05, 0.1) is 5.56 Å². The molecule has 0 spiro atoms. The molecule has 1 aliphatic heterocycles. The molecule has 1 atom stereocenters. The van der Waals surface area contributed by atoms with E-state index < -0.39 is 0 Å². The number of likely N-dealkylation sites (N-methyl/N-ethyl adjacent to an activating group) is 1. The zero-order valence-electron chi connectivity index (χ0n) is 11.4. The van der Waals surface area contributed by atoms with Crippen molar-refractivity contribution in [2.24, 2.45) is 0 Å². The summed E-state index contributed by atoms with van der Waals surface area (Å²) < 4.78 is 0. The van der Waals surface area contributed by atoms with E-state index in [0.717, 1.165) is 26.1 Å². The van der Waals surface area contributed by atoms with Crippen molar-refractivity contribution < 1.29 is 4.79 Å². The summed E-state index contributed by atoms with van der Waals surface area (Å²) in [4.78, 5) is 16.7. The van der Waals surface area contributed by atoms with Crippen LogP contribution in [0.25, 0.3) is 0 Å². The van der Waals surface area contributed by atoms with E-state index in [4.69, 9.17) is 17.3 Å². The minimum atomic E-state index is -0.0217. The molecule has 0 radical (unpaired) electrons. The molecule has 0 saturated carbocycles. The Balaban J connectivity index is 2.18. The van der Waals surface area contributed by atoms with Gasteiger partial charge in [-0.3, -0.25) is 9.69 Å². The van der Waals surface area contributed by atoms with Gasteiger partial charge in [-0.2, -0.15) is 0 Å². The maximum absolute atomic E-state index is 12.5. The van der Waals surface area contributed by atoms with E-state index in [-0.39, 0.29) is 5.91 Å². The van der Waals surface area contributed by atoms with Crippen LogP contribution < -0.4 is 5.73 Å². The van der Waals surface area contributed by atoms with Crippen molar-refractivity contribution in [1.29, 1.82) is 0 Å². The largest absolute Gasteiger partial charge is 0.398 e. The molecule has 1 aromatic carbocycles. The van der Waals surface area contributed by atoms with Gasteiger partial charge in [0.1, 0.15) is 0 Å². The highest BCUT2D eigenvalue weighted by Crippen LogP contribution is 2.21. The van der Waals surface area contributed by atoms with Crippen LogP contribution in [0.3, 0.4) is 0 Å². The molecule has 19 heavy (non-hydrogen) atoms. The van der Waals surface area contributed by atoms with Crippen LogP contribution in [0, 0.1) is 0 Å². The summed E-state index contributed by atoms with van der Waals surface area (Å²) in [6, 6.07) is 5.45. The van der Waals surface area contributed by atoms with Crippen LogP contribution in [0.15, 0.2) is 18.2 Å². The lowest BCUT2D eigenvalue weighted by atomic mass is 10.1. The standard InChI is InChI=1S/C14H20ClN3O/c1-3-11-9-18(7-6-17(11)2)14(19)12-8-10(15)4-5-13(12)16/h4-5,8,11H,3,6-7,9,16H2,1-2H3. The van der Waals surface area contributed by atoms with E-state index in [1.54, 1.807) is 18.2 Å². The van der Waals surface area contributed by atoms with E-state index in [2.05, 4.69) is 18.9 Å². The molecule has 1 unspecified atom stereocenters. The van der Waals surface area contributed by atoms with Crippen molar-refractivity contribution in [2.45, 2.75) is 19.4 Å². The molecule has 0 aliphatic carbocycles. The van der Waals surface area contributed by atoms with Crippen LogP contribution in [0.1, 0.15) is 23.7 Å². The first kappa shape index (κ1) is 14.2. The monoisotopic (exact) mass is 281 g/mol. The molecule has 2 N–H and O–H groups in total. The Kier molecular flexibility index (Phi) is 4.32. The lowest BCUT2D eigenvalue weighted by Gasteiger charge is -2.39. The third-order valence-electron chi connectivity index (χ3n) is 3.78. The van der Waals surface area contributed by atoms with Gasteiger partial charge in [0.2, 0.25) is 0 Å². The zero-order valence-corrected chi connectivity index (χ0v) is 12.2. The van der Waals surface area contributed by atoms with E-state index in [0.29, 0.717) is 22.3 Å². The number of hydrogen-bond donors (Lipinski definition) is 1. The first-order valence-corrected chi connectivity index (χ1v) is 6.95. The molecule has 1 heterocycles. The Morgan fingerprint density at radius 1 is 1.47 bits per heavy atom. The molecule has 1 amide bonds. The second-order valence-corrected chi connectivity index (χ2v) is 5.46. The van der Waals surface area contributed by atoms with Crippen molar-refractivity contribution in [3.05, 3.63) is 28.8 Å². The Bertz CT molecular complexity index is 478. The molecular formula is C14H20ClN3O. The van der Waals surface area contributed by atoms with Gasteiger partial charge in [-0.15, -0.1) is 0 Å². The summed E-state index contributed by atoms with van der Waals surface area (Å²) in [6.07, 6.45) is 1.03. The Morgan fingerprint density at radius 2 is 2.21 bits per heavy atom. The number of rotatable bonds is 2. The quantitative estimate of drug-likeness (QED) is 0.845. The summed E-state index contributed by atoms with van der Waals surface area (Å²) in [5.41, 5.74) is 6.87. The lowest BCUT2D eigenvalue weighted by molar-refractivity contribution is 0.0543. The van der Waals surface area contributed by atoms with Crippen LogP contribution in [0.5, 0.6) is 0 Å². The fraction of sp³-hybridized carbons (Fsp3) is 0.500. The number of benzene rings is 1. The number of hydrogen-bond acceptors (Lipinski definition) is 3. The molecular weight excluding hydrogens is 262 g/mol. The highest BCUT2D eigenvalue weighted by molar-refractivity contribution is 6.31. The van der Waals surface area contributed by atoms with Crippen LogP contribution >= 0.6 is 11.6 Å². The van der Waals surface area contributed by atoms with E-state index in [9.17, 15) is 4.79 Å². The van der Waals surface area contributed by atoms with E-state index >= 15 is 0 Å². The summed E-state index contributed by atoms with van der Waals surface area (Å²) in [5, 5.41) is 0.540. The van der Waals surface area contributed by atoms with Gasteiger partial charge < -0.3 is 10.6 Å². The number of piperazine rings is 1. The number of anilines is 1. The molecule has 0 bridgehead atoms. The summed E-state index contributed by atoms with van der Waals surface area (Å²) in [7, 11) is 2.10. The predicted molar refractivity (Wildman–Crippen MR) is 78.5 cm³/mol. The van der Waals surface area contributed by atoms with E-state index in [1.807, 2.05) is 4.90 Å². The summed E-state index contributed by atoms with van der Waals surface area (Å²) >= 11 is 5.94. The minimum Gasteiger partial charge on any atom is -0.398 e. The fourth-order valence-corrected chi connectivity index (χ4v) is 2.63. The van der Waals surface area contributed by atoms with Gasteiger partial charge >= 0.3 is 0 Å². The van der Waals surface area contributed by atoms with Crippen molar-refractivity contribution in [2.75, 3.05) is 32.4 Å². The number of nitrogens with two attached hydrogens (primary N) is 1. The van der Waals surface area contributed by atoms with Crippen LogP contribution in [0.2, 0.25) is 5.02 Å². The lowest BCUT2D eigenvalue weighted by Crippen LogP contribution is -2.53. The van der Waals surface area contributed by atoms with Gasteiger partial charge in [-0.25, -0.2) is 0 Å². The molecule has 2 rings (SSSR count). The highest BCUT2D eigenvalue weighted by Gasteiger charge is 2.27. The summed E-state index contributed by atoms with van der Waals surface area (Å²) in [5.74, 6) is -0.0217. The average Bonchev–Trinajstić information content (AvgIpc) is 2.41. The molecule has 5 heteroatoms. The average molecular weight is 282 g/mol. The maximum atomic E-state index is 12.5. The topological polar surface area (TPSA) is 49.6 Å². The number of amides is 1. The van der Waals surface area contributed by atoms with Gasteiger partial charge in [-0.1, -0.05) is 18.5 Å². The zero-order chi connectivity index (χ0) is 14.0. The number of carbonyl (C=O) groups is 1. The number of nitrogens with zero attached hydrogens (tertiary/aromatic N) is 2. The Hall–Kier alpha value is -1.26. The fourth-order valence-electron chi connectivity index (χ4n) is 2.46. The van der Waals surface area contributed by atoms with Gasteiger partial charge in [0.15, 0.2) is 0 Å².